The van der Waals surface area contributed by atoms with Crippen LogP contribution in [0.15, 0.2) is 51.1 Å². The molecule has 0 atom stereocenters. The lowest BCUT2D eigenvalue weighted by Crippen LogP contribution is -1.99. The highest BCUT2D eigenvalue weighted by molar-refractivity contribution is 9.11. The molecule has 2 aromatic heterocycles. The van der Waals surface area contributed by atoms with E-state index < -0.39 is 0 Å². The second-order valence-corrected chi connectivity index (χ2v) is 7.00. The first kappa shape index (κ1) is 14.3. The van der Waals surface area contributed by atoms with Gasteiger partial charge in [0.1, 0.15) is 0 Å². The fraction of sp³-hybridized carbons (Fsp3) is 0.133. The third-order valence-electron chi connectivity index (χ3n) is 3.07. The summed E-state index contributed by atoms with van der Waals surface area (Å²) in [6, 6.07) is 9.95. The second-order valence-electron chi connectivity index (χ2n) is 4.46. The molecule has 3 rings (SSSR count). The van der Waals surface area contributed by atoms with Gasteiger partial charge in [-0.3, -0.25) is 0 Å². The van der Waals surface area contributed by atoms with E-state index in [0.717, 1.165) is 27.1 Å². The van der Waals surface area contributed by atoms with Gasteiger partial charge in [0.2, 0.25) is 0 Å². The number of aliphatic hydroxyl groups is 1. The molecule has 0 saturated carbocycles. The van der Waals surface area contributed by atoms with Crippen LogP contribution in [0.25, 0.3) is 11.3 Å². The van der Waals surface area contributed by atoms with Gasteiger partial charge in [0, 0.05) is 22.7 Å². The molecular formula is C15H13BrN2O2S. The molecule has 0 amide bonds. The van der Waals surface area contributed by atoms with Gasteiger partial charge in [-0.25, -0.2) is 4.98 Å². The van der Waals surface area contributed by atoms with Crippen molar-refractivity contribution in [1.82, 2.24) is 4.98 Å². The van der Waals surface area contributed by atoms with Gasteiger partial charge in [-0.2, -0.15) is 0 Å². The molecule has 0 saturated heterocycles. The standard InChI is InChI=1S/C15H13BrN2O2S/c16-15-4-2-12(21-15)6-18-11-1-3-13(10(5-11)8-19)14-7-17-9-20-14/h1-5,7,9,18-19H,6,8H2. The maximum absolute atomic E-state index is 9.54. The quantitative estimate of drug-likeness (QED) is 0.709. The Hall–Kier alpha value is -1.63. The van der Waals surface area contributed by atoms with Crippen LogP contribution in [0, 0.1) is 0 Å². The van der Waals surface area contributed by atoms with Crippen molar-refractivity contribution in [2.24, 2.45) is 0 Å². The molecule has 3 aromatic rings. The van der Waals surface area contributed by atoms with Crippen LogP contribution in [0.3, 0.4) is 0 Å². The second kappa shape index (κ2) is 6.43. The molecule has 0 spiro atoms. The Morgan fingerprint density at radius 2 is 2.19 bits per heavy atom. The minimum absolute atomic E-state index is 0.0455. The van der Waals surface area contributed by atoms with Crippen LogP contribution in [0.1, 0.15) is 10.4 Å². The molecule has 0 unspecified atom stereocenters. The molecule has 108 valence electrons. The van der Waals surface area contributed by atoms with Crippen molar-refractivity contribution in [3.63, 3.8) is 0 Å². The summed E-state index contributed by atoms with van der Waals surface area (Å²) in [6.45, 7) is 0.707. The lowest BCUT2D eigenvalue weighted by molar-refractivity contribution is 0.282. The molecule has 21 heavy (non-hydrogen) atoms. The van der Waals surface area contributed by atoms with E-state index in [1.54, 1.807) is 17.5 Å². The Kier molecular flexibility index (Phi) is 4.38. The van der Waals surface area contributed by atoms with E-state index in [4.69, 9.17) is 4.42 Å². The van der Waals surface area contributed by atoms with Gasteiger partial charge in [-0.15, -0.1) is 11.3 Å². The Morgan fingerprint density at radius 3 is 2.86 bits per heavy atom. The molecule has 0 radical (unpaired) electrons. The summed E-state index contributed by atoms with van der Waals surface area (Å²) < 4.78 is 6.41. The van der Waals surface area contributed by atoms with E-state index in [9.17, 15) is 5.11 Å². The lowest BCUT2D eigenvalue weighted by Gasteiger charge is -2.09. The lowest BCUT2D eigenvalue weighted by atomic mass is 10.1. The fourth-order valence-electron chi connectivity index (χ4n) is 2.06. The maximum Gasteiger partial charge on any atom is 0.181 e. The average Bonchev–Trinajstić information content (AvgIpc) is 3.16. The number of oxazole rings is 1. The maximum atomic E-state index is 9.54. The molecule has 0 aliphatic rings. The number of benzene rings is 1. The van der Waals surface area contributed by atoms with Crippen LogP contribution in [-0.2, 0) is 13.2 Å². The van der Waals surface area contributed by atoms with Gasteiger partial charge < -0.3 is 14.8 Å². The Labute approximate surface area is 134 Å². The zero-order valence-corrected chi connectivity index (χ0v) is 13.4. The molecule has 2 heterocycles. The normalized spacial score (nSPS) is 10.8. The van der Waals surface area contributed by atoms with Gasteiger partial charge >= 0.3 is 0 Å². The van der Waals surface area contributed by atoms with Crippen molar-refractivity contribution >= 4 is 33.0 Å². The highest BCUT2D eigenvalue weighted by atomic mass is 79.9. The van der Waals surface area contributed by atoms with Crippen molar-refractivity contribution < 1.29 is 9.52 Å². The Bertz CT molecular complexity index is 725. The van der Waals surface area contributed by atoms with Gasteiger partial charge in [-0.1, -0.05) is 0 Å². The van der Waals surface area contributed by atoms with E-state index in [1.165, 1.54) is 11.3 Å². The number of hydrogen-bond donors (Lipinski definition) is 2. The summed E-state index contributed by atoms with van der Waals surface area (Å²) in [4.78, 5) is 5.15. The number of nitrogens with one attached hydrogen (secondary N) is 1. The monoisotopic (exact) mass is 364 g/mol. The third kappa shape index (κ3) is 3.34. The summed E-state index contributed by atoms with van der Waals surface area (Å²) in [7, 11) is 0. The van der Waals surface area contributed by atoms with Crippen LogP contribution in [0.4, 0.5) is 5.69 Å². The molecule has 6 heteroatoms. The molecule has 0 fully saturated rings. The van der Waals surface area contributed by atoms with Crippen molar-refractivity contribution in [2.45, 2.75) is 13.2 Å². The van der Waals surface area contributed by atoms with Gasteiger partial charge in [0.25, 0.3) is 0 Å². The van der Waals surface area contributed by atoms with Crippen LogP contribution in [-0.4, -0.2) is 10.1 Å². The molecule has 1 aromatic carbocycles. The van der Waals surface area contributed by atoms with Crippen molar-refractivity contribution in [3.05, 3.63) is 57.1 Å². The predicted octanol–water partition coefficient (Wildman–Crippen LogP) is 4.27. The molecule has 0 bridgehead atoms. The van der Waals surface area contributed by atoms with E-state index >= 15 is 0 Å². The number of nitrogens with zero attached hydrogens (tertiary/aromatic N) is 1. The molecule has 4 nitrogen and oxygen atoms in total. The number of aromatic nitrogens is 1. The van der Waals surface area contributed by atoms with E-state index in [0.29, 0.717) is 5.76 Å². The zero-order valence-electron chi connectivity index (χ0n) is 11.0. The number of anilines is 1. The van der Waals surface area contributed by atoms with Crippen LogP contribution in [0.2, 0.25) is 0 Å². The minimum atomic E-state index is -0.0455. The largest absolute Gasteiger partial charge is 0.444 e. The summed E-state index contributed by atoms with van der Waals surface area (Å²) in [5.41, 5.74) is 2.63. The SMILES string of the molecule is OCc1cc(NCc2ccc(Br)s2)ccc1-c1cnco1. The van der Waals surface area contributed by atoms with Crippen molar-refractivity contribution in [1.29, 1.82) is 0 Å². The summed E-state index contributed by atoms with van der Waals surface area (Å²) in [5.74, 6) is 0.660. The first-order valence-electron chi connectivity index (χ1n) is 6.37. The van der Waals surface area contributed by atoms with Gasteiger partial charge in [0.15, 0.2) is 12.2 Å². The van der Waals surface area contributed by atoms with Gasteiger partial charge in [-0.05, 0) is 51.8 Å². The van der Waals surface area contributed by atoms with Crippen molar-refractivity contribution in [2.75, 3.05) is 5.32 Å². The highest BCUT2D eigenvalue weighted by Crippen LogP contribution is 2.27. The molecular weight excluding hydrogens is 352 g/mol. The molecule has 2 N–H and O–H groups in total. The first-order valence-corrected chi connectivity index (χ1v) is 7.98. The van der Waals surface area contributed by atoms with Crippen LogP contribution >= 0.6 is 27.3 Å². The number of hydrogen-bond acceptors (Lipinski definition) is 5. The van der Waals surface area contributed by atoms with Crippen LogP contribution < -0.4 is 5.32 Å². The van der Waals surface area contributed by atoms with Crippen LogP contribution in [0.5, 0.6) is 0 Å². The molecule has 0 aliphatic heterocycles. The number of aliphatic hydroxyl groups excluding tert-OH is 1. The number of rotatable bonds is 5. The van der Waals surface area contributed by atoms with Gasteiger partial charge in [0.05, 0.1) is 16.6 Å². The Morgan fingerprint density at radius 1 is 1.29 bits per heavy atom. The topological polar surface area (TPSA) is 58.3 Å². The minimum Gasteiger partial charge on any atom is -0.444 e. The van der Waals surface area contributed by atoms with E-state index in [2.05, 4.69) is 32.3 Å². The number of halogens is 1. The summed E-state index contributed by atoms with van der Waals surface area (Å²) in [5, 5.41) is 12.9. The summed E-state index contributed by atoms with van der Waals surface area (Å²) in [6.07, 6.45) is 3.03. The highest BCUT2D eigenvalue weighted by Gasteiger charge is 2.09. The molecule has 0 aliphatic carbocycles. The number of thiophene rings is 1. The van der Waals surface area contributed by atoms with Crippen molar-refractivity contribution in [3.8, 4) is 11.3 Å². The zero-order chi connectivity index (χ0) is 14.7. The summed E-state index contributed by atoms with van der Waals surface area (Å²) >= 11 is 5.15. The average molecular weight is 365 g/mol. The van der Waals surface area contributed by atoms with E-state index in [1.807, 2.05) is 24.3 Å². The van der Waals surface area contributed by atoms with E-state index in [-0.39, 0.29) is 6.61 Å². The fourth-order valence-corrected chi connectivity index (χ4v) is 3.48. The predicted molar refractivity (Wildman–Crippen MR) is 87.2 cm³/mol. The third-order valence-corrected chi connectivity index (χ3v) is 4.69. The first-order chi connectivity index (χ1) is 10.3. The Balaban J connectivity index is 1.78. The smallest absolute Gasteiger partial charge is 0.181 e.